The number of hydrogen-bond acceptors (Lipinski definition) is 2. The van der Waals surface area contributed by atoms with E-state index in [9.17, 15) is 26.7 Å². The molecular formula is C21H14F5NOS. The van der Waals surface area contributed by atoms with Crippen LogP contribution in [0.4, 0.5) is 27.6 Å². The molecule has 3 aromatic carbocycles. The second-order valence-electron chi connectivity index (χ2n) is 6.06. The summed E-state index contributed by atoms with van der Waals surface area (Å²) in [5.74, 6) is -2.42. The maximum atomic E-state index is 13.7. The summed E-state index contributed by atoms with van der Waals surface area (Å²) in [6.45, 7) is 0. The highest BCUT2D eigenvalue weighted by Gasteiger charge is 2.30. The van der Waals surface area contributed by atoms with Gasteiger partial charge in [0, 0.05) is 16.3 Å². The Labute approximate surface area is 167 Å². The second-order valence-corrected chi connectivity index (χ2v) is 7.11. The number of anilines is 1. The lowest BCUT2D eigenvalue weighted by atomic mass is 10.1. The zero-order valence-corrected chi connectivity index (χ0v) is 15.6. The molecule has 1 N–H and O–H groups in total. The molecule has 0 bridgehead atoms. The van der Waals surface area contributed by atoms with Crippen molar-refractivity contribution in [1.82, 2.24) is 0 Å². The summed E-state index contributed by atoms with van der Waals surface area (Å²) in [5, 5.41) is 2.41. The third-order valence-electron chi connectivity index (χ3n) is 3.97. The highest BCUT2D eigenvalue weighted by molar-refractivity contribution is 7.98. The molecule has 0 spiro atoms. The molecule has 8 heteroatoms. The fourth-order valence-corrected chi connectivity index (χ4v) is 3.43. The molecule has 0 saturated heterocycles. The first kappa shape index (κ1) is 20.9. The van der Waals surface area contributed by atoms with E-state index in [1.165, 1.54) is 17.8 Å². The van der Waals surface area contributed by atoms with Crippen LogP contribution in [0.1, 0.15) is 21.5 Å². The number of carbonyl (C=O) groups is 1. The fourth-order valence-electron chi connectivity index (χ4n) is 2.52. The van der Waals surface area contributed by atoms with Gasteiger partial charge in [0.2, 0.25) is 0 Å². The lowest BCUT2D eigenvalue weighted by Crippen LogP contribution is -2.15. The van der Waals surface area contributed by atoms with Crippen LogP contribution in [0.3, 0.4) is 0 Å². The molecule has 0 aliphatic carbocycles. The SMILES string of the molecule is O=C(Nc1ccc(CSc2cccc(C(F)(F)F)c2)cc1)c1c(F)cccc1F. The molecule has 0 saturated carbocycles. The molecule has 0 radical (unpaired) electrons. The summed E-state index contributed by atoms with van der Waals surface area (Å²) in [4.78, 5) is 12.6. The van der Waals surface area contributed by atoms with Crippen LogP contribution in [0.5, 0.6) is 0 Å². The van der Waals surface area contributed by atoms with Gasteiger partial charge in [-0.2, -0.15) is 13.2 Å². The topological polar surface area (TPSA) is 29.1 Å². The number of amides is 1. The van der Waals surface area contributed by atoms with Crippen molar-refractivity contribution in [2.45, 2.75) is 16.8 Å². The van der Waals surface area contributed by atoms with E-state index in [1.807, 2.05) is 0 Å². The molecule has 150 valence electrons. The van der Waals surface area contributed by atoms with Crippen LogP contribution >= 0.6 is 11.8 Å². The van der Waals surface area contributed by atoms with Gasteiger partial charge in [-0.05, 0) is 48.0 Å². The molecule has 29 heavy (non-hydrogen) atoms. The Morgan fingerprint density at radius 2 is 1.52 bits per heavy atom. The number of halogens is 5. The van der Waals surface area contributed by atoms with Gasteiger partial charge in [0.05, 0.1) is 5.56 Å². The Morgan fingerprint density at radius 1 is 0.897 bits per heavy atom. The summed E-state index contributed by atoms with van der Waals surface area (Å²) in [7, 11) is 0. The lowest BCUT2D eigenvalue weighted by molar-refractivity contribution is -0.137. The maximum absolute atomic E-state index is 13.7. The Kier molecular flexibility index (Phi) is 6.22. The van der Waals surface area contributed by atoms with Crippen LogP contribution in [-0.4, -0.2) is 5.91 Å². The molecular weight excluding hydrogens is 409 g/mol. The zero-order valence-electron chi connectivity index (χ0n) is 14.8. The molecule has 0 unspecified atom stereocenters. The lowest BCUT2D eigenvalue weighted by Gasteiger charge is -2.09. The Morgan fingerprint density at radius 3 is 2.14 bits per heavy atom. The summed E-state index contributed by atoms with van der Waals surface area (Å²) in [6, 6.07) is 14.7. The van der Waals surface area contributed by atoms with Crippen molar-refractivity contribution in [2.24, 2.45) is 0 Å². The van der Waals surface area contributed by atoms with Crippen molar-refractivity contribution < 1.29 is 26.7 Å². The Balaban J connectivity index is 1.63. The van der Waals surface area contributed by atoms with Crippen molar-refractivity contribution >= 4 is 23.4 Å². The largest absolute Gasteiger partial charge is 0.416 e. The van der Waals surface area contributed by atoms with E-state index >= 15 is 0 Å². The fraction of sp³-hybridized carbons (Fsp3) is 0.0952. The number of rotatable bonds is 5. The van der Waals surface area contributed by atoms with Crippen LogP contribution in [0.25, 0.3) is 0 Å². The van der Waals surface area contributed by atoms with Gasteiger partial charge in [-0.25, -0.2) is 8.78 Å². The minimum atomic E-state index is -4.39. The van der Waals surface area contributed by atoms with E-state index in [2.05, 4.69) is 5.32 Å². The highest BCUT2D eigenvalue weighted by Crippen LogP contribution is 2.32. The van der Waals surface area contributed by atoms with E-state index in [-0.39, 0.29) is 0 Å². The number of hydrogen-bond donors (Lipinski definition) is 1. The summed E-state index contributed by atoms with van der Waals surface area (Å²) in [5.41, 5.74) is -0.231. The third-order valence-corrected chi connectivity index (χ3v) is 5.03. The molecule has 0 atom stereocenters. The van der Waals surface area contributed by atoms with Crippen LogP contribution in [0, 0.1) is 11.6 Å². The van der Waals surface area contributed by atoms with Gasteiger partial charge in [-0.3, -0.25) is 4.79 Å². The van der Waals surface area contributed by atoms with E-state index in [0.717, 1.165) is 35.9 Å². The summed E-state index contributed by atoms with van der Waals surface area (Å²) >= 11 is 1.24. The van der Waals surface area contributed by atoms with Crippen LogP contribution < -0.4 is 5.32 Å². The molecule has 2 nitrogen and oxygen atoms in total. The quantitative estimate of drug-likeness (QED) is 0.374. The van der Waals surface area contributed by atoms with Gasteiger partial charge in [-0.15, -0.1) is 11.8 Å². The van der Waals surface area contributed by atoms with Crippen LogP contribution in [-0.2, 0) is 11.9 Å². The predicted molar refractivity (Wildman–Crippen MR) is 102 cm³/mol. The molecule has 3 rings (SSSR count). The number of nitrogens with one attached hydrogen (secondary N) is 1. The molecule has 0 fully saturated rings. The van der Waals surface area contributed by atoms with E-state index in [1.54, 1.807) is 30.3 Å². The zero-order chi connectivity index (χ0) is 21.0. The maximum Gasteiger partial charge on any atom is 0.416 e. The van der Waals surface area contributed by atoms with Crippen molar-refractivity contribution in [3.8, 4) is 0 Å². The number of carbonyl (C=O) groups excluding carboxylic acids is 1. The average molecular weight is 423 g/mol. The van der Waals surface area contributed by atoms with Crippen molar-refractivity contribution in [3.05, 3.63) is 95.1 Å². The predicted octanol–water partition coefficient (Wildman–Crippen LogP) is 6.53. The third kappa shape index (κ3) is 5.35. The van der Waals surface area contributed by atoms with E-state index < -0.39 is 34.8 Å². The molecule has 3 aromatic rings. The summed E-state index contributed by atoms with van der Waals surface area (Å²) < 4.78 is 65.6. The average Bonchev–Trinajstić information content (AvgIpc) is 2.67. The Hall–Kier alpha value is -2.87. The smallest absolute Gasteiger partial charge is 0.322 e. The first-order chi connectivity index (χ1) is 13.7. The molecule has 0 aromatic heterocycles. The second kappa shape index (κ2) is 8.65. The highest BCUT2D eigenvalue weighted by atomic mass is 32.2. The molecule has 0 aliphatic heterocycles. The van der Waals surface area contributed by atoms with Gasteiger partial charge < -0.3 is 5.32 Å². The van der Waals surface area contributed by atoms with Crippen molar-refractivity contribution in [2.75, 3.05) is 5.32 Å². The standard InChI is InChI=1S/C21H14F5NOS/c22-17-5-2-6-18(23)19(17)20(28)27-15-9-7-13(8-10-15)12-29-16-4-1-3-14(11-16)21(24,25)26/h1-11H,12H2,(H,27,28). The van der Waals surface area contributed by atoms with Crippen LogP contribution in [0.2, 0.25) is 0 Å². The minimum Gasteiger partial charge on any atom is -0.322 e. The number of thioether (sulfide) groups is 1. The van der Waals surface area contributed by atoms with Gasteiger partial charge in [-0.1, -0.05) is 24.3 Å². The normalized spacial score (nSPS) is 11.3. The molecule has 0 heterocycles. The number of benzene rings is 3. The van der Waals surface area contributed by atoms with E-state index in [0.29, 0.717) is 16.3 Å². The first-order valence-corrected chi connectivity index (χ1v) is 9.37. The monoisotopic (exact) mass is 423 g/mol. The van der Waals surface area contributed by atoms with Crippen molar-refractivity contribution in [1.29, 1.82) is 0 Å². The number of alkyl halides is 3. The van der Waals surface area contributed by atoms with Crippen molar-refractivity contribution in [3.63, 3.8) is 0 Å². The van der Waals surface area contributed by atoms with Gasteiger partial charge >= 0.3 is 6.18 Å². The molecule has 1 amide bonds. The van der Waals surface area contributed by atoms with Gasteiger partial charge in [0.15, 0.2) is 0 Å². The molecule has 0 aliphatic rings. The minimum absolute atomic E-state index is 0.338. The summed E-state index contributed by atoms with van der Waals surface area (Å²) in [6.07, 6.45) is -4.39. The Bertz CT molecular complexity index is 998. The van der Waals surface area contributed by atoms with E-state index in [4.69, 9.17) is 0 Å². The first-order valence-electron chi connectivity index (χ1n) is 8.38. The van der Waals surface area contributed by atoms with Gasteiger partial charge in [0.25, 0.3) is 5.91 Å². The van der Waals surface area contributed by atoms with Crippen LogP contribution in [0.15, 0.2) is 71.6 Å². The van der Waals surface area contributed by atoms with Gasteiger partial charge in [0.1, 0.15) is 17.2 Å².